The lowest BCUT2D eigenvalue weighted by atomic mass is 10.1. The maximum atomic E-state index is 12.7. The highest BCUT2D eigenvalue weighted by molar-refractivity contribution is 7.89. The Hall–Kier alpha value is -2.44. The Labute approximate surface area is 135 Å². The van der Waals surface area contributed by atoms with Crippen LogP contribution in [0.25, 0.3) is 0 Å². The smallest absolute Gasteiger partial charge is 0.335 e. The SMILES string of the molecule is C=CCN(Cc1ccc(C(=O)O)cc1)S(=O)(=O)c1ccccc1. The molecule has 0 aromatic heterocycles. The highest BCUT2D eigenvalue weighted by atomic mass is 32.2. The summed E-state index contributed by atoms with van der Waals surface area (Å²) in [5.41, 5.74) is 0.867. The van der Waals surface area contributed by atoms with Crippen molar-refractivity contribution in [1.82, 2.24) is 4.31 Å². The molecule has 2 rings (SSSR count). The molecule has 0 fully saturated rings. The van der Waals surface area contributed by atoms with E-state index in [1.54, 1.807) is 42.5 Å². The van der Waals surface area contributed by atoms with Crippen molar-refractivity contribution < 1.29 is 18.3 Å². The zero-order valence-corrected chi connectivity index (χ0v) is 13.2. The molecule has 2 aromatic carbocycles. The summed E-state index contributed by atoms with van der Waals surface area (Å²) < 4.78 is 26.7. The molecule has 1 N–H and O–H groups in total. The summed E-state index contributed by atoms with van der Waals surface area (Å²) >= 11 is 0. The minimum Gasteiger partial charge on any atom is -0.478 e. The molecule has 0 saturated carbocycles. The average molecular weight is 331 g/mol. The summed E-state index contributed by atoms with van der Waals surface area (Å²) in [6.45, 7) is 3.91. The minimum absolute atomic E-state index is 0.142. The van der Waals surface area contributed by atoms with Crippen LogP contribution in [0.15, 0.2) is 72.1 Å². The van der Waals surface area contributed by atoms with Crippen LogP contribution in [0.5, 0.6) is 0 Å². The van der Waals surface area contributed by atoms with Crippen molar-refractivity contribution in [1.29, 1.82) is 0 Å². The molecule has 120 valence electrons. The van der Waals surface area contributed by atoms with E-state index in [1.807, 2.05) is 0 Å². The van der Waals surface area contributed by atoms with E-state index in [9.17, 15) is 13.2 Å². The van der Waals surface area contributed by atoms with Gasteiger partial charge in [-0.2, -0.15) is 4.31 Å². The molecular formula is C17H17NO4S. The van der Waals surface area contributed by atoms with E-state index in [4.69, 9.17) is 5.11 Å². The number of rotatable bonds is 7. The fraction of sp³-hybridized carbons (Fsp3) is 0.118. The van der Waals surface area contributed by atoms with Crippen LogP contribution < -0.4 is 0 Å². The number of hydrogen-bond acceptors (Lipinski definition) is 3. The summed E-state index contributed by atoms with van der Waals surface area (Å²) in [6.07, 6.45) is 1.52. The summed E-state index contributed by atoms with van der Waals surface area (Å²) in [7, 11) is -3.64. The van der Waals surface area contributed by atoms with Gasteiger partial charge in [0.1, 0.15) is 0 Å². The molecule has 0 aliphatic carbocycles. The van der Waals surface area contributed by atoms with Crippen molar-refractivity contribution in [3.05, 3.63) is 78.4 Å². The predicted octanol–water partition coefficient (Wildman–Crippen LogP) is 2.76. The number of nitrogens with zero attached hydrogens (tertiary/aromatic N) is 1. The Morgan fingerprint density at radius 1 is 1.09 bits per heavy atom. The van der Waals surface area contributed by atoms with Gasteiger partial charge in [0.2, 0.25) is 10.0 Å². The van der Waals surface area contributed by atoms with Crippen LogP contribution in [0, 0.1) is 0 Å². The zero-order valence-electron chi connectivity index (χ0n) is 12.4. The van der Waals surface area contributed by atoms with Gasteiger partial charge in [0.25, 0.3) is 0 Å². The van der Waals surface area contributed by atoms with Gasteiger partial charge in [0, 0.05) is 13.1 Å². The highest BCUT2D eigenvalue weighted by Crippen LogP contribution is 2.18. The van der Waals surface area contributed by atoms with E-state index in [2.05, 4.69) is 6.58 Å². The van der Waals surface area contributed by atoms with Crippen molar-refractivity contribution in [2.45, 2.75) is 11.4 Å². The van der Waals surface area contributed by atoms with Crippen molar-refractivity contribution >= 4 is 16.0 Å². The zero-order chi connectivity index (χ0) is 16.9. The van der Waals surface area contributed by atoms with E-state index in [1.165, 1.54) is 22.5 Å². The average Bonchev–Trinajstić information content (AvgIpc) is 2.55. The first-order valence-electron chi connectivity index (χ1n) is 6.93. The summed E-state index contributed by atoms with van der Waals surface area (Å²) in [6, 6.07) is 14.3. The van der Waals surface area contributed by atoms with Gasteiger partial charge in [0.15, 0.2) is 0 Å². The van der Waals surface area contributed by atoms with Gasteiger partial charge in [-0.3, -0.25) is 0 Å². The number of sulfonamides is 1. The Morgan fingerprint density at radius 3 is 2.22 bits per heavy atom. The number of carbonyl (C=O) groups is 1. The second-order valence-electron chi connectivity index (χ2n) is 4.90. The monoisotopic (exact) mass is 331 g/mol. The maximum absolute atomic E-state index is 12.7. The summed E-state index contributed by atoms with van der Waals surface area (Å²) in [4.78, 5) is 11.1. The first kappa shape index (κ1) is 16.9. The maximum Gasteiger partial charge on any atom is 0.335 e. The normalized spacial score (nSPS) is 11.3. The van der Waals surface area contributed by atoms with Gasteiger partial charge in [0.05, 0.1) is 10.5 Å². The molecule has 0 spiro atoms. The molecule has 23 heavy (non-hydrogen) atoms. The van der Waals surface area contributed by atoms with Gasteiger partial charge in [-0.15, -0.1) is 6.58 Å². The second-order valence-corrected chi connectivity index (χ2v) is 6.84. The van der Waals surface area contributed by atoms with E-state index < -0.39 is 16.0 Å². The number of benzene rings is 2. The molecule has 0 atom stereocenters. The largest absolute Gasteiger partial charge is 0.478 e. The number of aromatic carboxylic acids is 1. The Morgan fingerprint density at radius 2 is 1.70 bits per heavy atom. The first-order chi connectivity index (χ1) is 10.9. The molecule has 0 aliphatic rings. The fourth-order valence-electron chi connectivity index (χ4n) is 2.09. The van der Waals surface area contributed by atoms with Crippen LogP contribution in [0.3, 0.4) is 0 Å². The van der Waals surface area contributed by atoms with Crippen LogP contribution in [-0.4, -0.2) is 30.3 Å². The molecule has 0 heterocycles. The molecule has 0 radical (unpaired) electrons. The molecule has 2 aromatic rings. The Kier molecular flexibility index (Phi) is 5.31. The third kappa shape index (κ3) is 4.06. The fourth-order valence-corrected chi connectivity index (χ4v) is 3.51. The van der Waals surface area contributed by atoms with Gasteiger partial charge in [-0.1, -0.05) is 36.4 Å². The van der Waals surface area contributed by atoms with Crippen molar-refractivity contribution in [3.63, 3.8) is 0 Å². The topological polar surface area (TPSA) is 74.7 Å². The lowest BCUT2D eigenvalue weighted by Gasteiger charge is -2.21. The quantitative estimate of drug-likeness (QED) is 0.792. The molecule has 0 saturated heterocycles. The Balaban J connectivity index is 2.28. The second kappa shape index (κ2) is 7.21. The highest BCUT2D eigenvalue weighted by Gasteiger charge is 2.23. The summed E-state index contributed by atoms with van der Waals surface area (Å²) in [5.74, 6) is -1.02. The van der Waals surface area contributed by atoms with Gasteiger partial charge >= 0.3 is 5.97 Å². The standard InChI is InChI=1S/C17H17NO4S/c1-2-12-18(23(21,22)16-6-4-3-5-7-16)13-14-8-10-15(11-9-14)17(19)20/h2-11H,1,12-13H2,(H,19,20). The first-order valence-corrected chi connectivity index (χ1v) is 8.37. The van der Waals surface area contributed by atoms with Crippen molar-refractivity contribution in [2.24, 2.45) is 0 Å². The number of hydrogen-bond donors (Lipinski definition) is 1. The molecule has 0 bridgehead atoms. The van der Waals surface area contributed by atoms with E-state index in [-0.39, 0.29) is 23.5 Å². The van der Waals surface area contributed by atoms with E-state index >= 15 is 0 Å². The van der Waals surface area contributed by atoms with Crippen LogP contribution >= 0.6 is 0 Å². The van der Waals surface area contributed by atoms with E-state index in [0.29, 0.717) is 5.56 Å². The minimum atomic E-state index is -3.64. The van der Waals surface area contributed by atoms with Crippen LogP contribution in [0.1, 0.15) is 15.9 Å². The van der Waals surface area contributed by atoms with Gasteiger partial charge in [-0.25, -0.2) is 13.2 Å². The van der Waals surface area contributed by atoms with E-state index in [0.717, 1.165) is 0 Å². The van der Waals surface area contributed by atoms with Crippen LogP contribution in [0.2, 0.25) is 0 Å². The third-order valence-electron chi connectivity index (χ3n) is 3.27. The van der Waals surface area contributed by atoms with Gasteiger partial charge in [-0.05, 0) is 29.8 Å². The number of carboxylic acids is 1. The van der Waals surface area contributed by atoms with Crippen molar-refractivity contribution in [3.8, 4) is 0 Å². The molecule has 5 nitrogen and oxygen atoms in total. The molecule has 6 heteroatoms. The number of carboxylic acid groups (broad SMARTS) is 1. The molecule has 0 unspecified atom stereocenters. The van der Waals surface area contributed by atoms with Crippen LogP contribution in [0.4, 0.5) is 0 Å². The Bertz CT molecular complexity index is 783. The predicted molar refractivity (Wildman–Crippen MR) is 87.6 cm³/mol. The lowest BCUT2D eigenvalue weighted by molar-refractivity contribution is 0.0697. The molecule has 0 amide bonds. The summed E-state index contributed by atoms with van der Waals surface area (Å²) in [5, 5.41) is 8.90. The van der Waals surface area contributed by atoms with Crippen LogP contribution in [-0.2, 0) is 16.6 Å². The molecular weight excluding hydrogens is 314 g/mol. The lowest BCUT2D eigenvalue weighted by Crippen LogP contribution is -2.30. The van der Waals surface area contributed by atoms with Crippen molar-refractivity contribution in [2.75, 3.05) is 6.54 Å². The molecule has 0 aliphatic heterocycles. The van der Waals surface area contributed by atoms with Gasteiger partial charge < -0.3 is 5.11 Å². The third-order valence-corrected chi connectivity index (χ3v) is 5.10.